The lowest BCUT2D eigenvalue weighted by atomic mass is 10.0. The van der Waals surface area contributed by atoms with Crippen molar-refractivity contribution >= 4 is 11.7 Å². The number of rotatable bonds is 3. The summed E-state index contributed by atoms with van der Waals surface area (Å²) in [5.74, 6) is -1.62. The van der Waals surface area contributed by atoms with Gasteiger partial charge < -0.3 is 10.8 Å². The molecule has 0 amide bonds. The van der Waals surface area contributed by atoms with Crippen LogP contribution in [-0.4, -0.2) is 16.1 Å². The molecule has 18 heavy (non-hydrogen) atoms. The third kappa shape index (κ3) is 2.84. The van der Waals surface area contributed by atoms with Gasteiger partial charge in [-0.1, -0.05) is 0 Å². The highest BCUT2D eigenvalue weighted by Crippen LogP contribution is 2.36. The quantitative estimate of drug-likeness (QED) is 0.826. The first kappa shape index (κ1) is 14.1. The van der Waals surface area contributed by atoms with E-state index < -0.39 is 47.5 Å². The van der Waals surface area contributed by atoms with Crippen LogP contribution in [0.1, 0.15) is 23.2 Å². The molecule has 0 unspecified atom stereocenters. The van der Waals surface area contributed by atoms with E-state index in [4.69, 9.17) is 10.8 Å². The normalized spacial score (nSPS) is 11.9. The average Bonchev–Trinajstić information content (AvgIpc) is 2.17. The Morgan fingerprint density at radius 3 is 2.39 bits per heavy atom. The van der Waals surface area contributed by atoms with Gasteiger partial charge in [-0.25, -0.2) is 8.78 Å². The third-order valence-corrected chi connectivity index (χ3v) is 2.09. The highest BCUT2D eigenvalue weighted by atomic mass is 19.4. The van der Waals surface area contributed by atoms with Gasteiger partial charge in [-0.3, -0.25) is 9.78 Å². The van der Waals surface area contributed by atoms with Crippen LogP contribution in [-0.2, 0) is 17.4 Å². The smallest absolute Gasteiger partial charge is 0.433 e. The zero-order valence-electron chi connectivity index (χ0n) is 8.63. The molecule has 0 spiro atoms. The molecule has 0 saturated carbocycles. The second-order valence-electron chi connectivity index (χ2n) is 3.32. The standard InChI is InChI=1S/C9H7F5N2O2/c10-8(11)4-2-16-7(9(12,13)14)3(6(4)15)1-5(17)18/h2,8H,1H2,(H2,15,16)(H,17,18). The van der Waals surface area contributed by atoms with Gasteiger partial charge in [-0.15, -0.1) is 0 Å². The van der Waals surface area contributed by atoms with E-state index in [9.17, 15) is 26.7 Å². The molecule has 100 valence electrons. The predicted octanol–water partition coefficient (Wildman–Crippen LogP) is 2.25. The zero-order chi connectivity index (χ0) is 14.1. The van der Waals surface area contributed by atoms with Crippen LogP contribution < -0.4 is 5.73 Å². The molecular formula is C9H7F5N2O2. The van der Waals surface area contributed by atoms with E-state index in [0.29, 0.717) is 6.20 Å². The van der Waals surface area contributed by atoms with Crippen LogP contribution in [0.25, 0.3) is 0 Å². The van der Waals surface area contributed by atoms with Gasteiger partial charge in [0.2, 0.25) is 0 Å². The van der Waals surface area contributed by atoms with E-state index in [2.05, 4.69) is 4.98 Å². The monoisotopic (exact) mass is 270 g/mol. The predicted molar refractivity (Wildman–Crippen MR) is 49.9 cm³/mol. The number of nitrogen functional groups attached to an aromatic ring is 1. The summed E-state index contributed by atoms with van der Waals surface area (Å²) in [4.78, 5) is 13.3. The van der Waals surface area contributed by atoms with Gasteiger partial charge >= 0.3 is 12.1 Å². The maximum Gasteiger partial charge on any atom is 0.433 e. The number of hydrogen-bond acceptors (Lipinski definition) is 3. The molecule has 1 rings (SSSR count). The third-order valence-electron chi connectivity index (χ3n) is 2.09. The molecule has 0 radical (unpaired) electrons. The number of aliphatic carboxylic acids is 1. The second-order valence-corrected chi connectivity index (χ2v) is 3.32. The van der Waals surface area contributed by atoms with Crippen LogP contribution in [0.5, 0.6) is 0 Å². The Morgan fingerprint density at radius 1 is 1.44 bits per heavy atom. The molecule has 3 N–H and O–H groups in total. The summed E-state index contributed by atoms with van der Waals surface area (Å²) in [6.45, 7) is 0. The topological polar surface area (TPSA) is 76.2 Å². The molecule has 0 fully saturated rings. The van der Waals surface area contributed by atoms with Crippen molar-refractivity contribution in [3.05, 3.63) is 23.0 Å². The summed E-state index contributed by atoms with van der Waals surface area (Å²) in [7, 11) is 0. The van der Waals surface area contributed by atoms with Crippen molar-refractivity contribution in [1.29, 1.82) is 0 Å². The lowest BCUT2D eigenvalue weighted by Crippen LogP contribution is -2.18. The fraction of sp³-hybridized carbons (Fsp3) is 0.333. The van der Waals surface area contributed by atoms with Crippen molar-refractivity contribution in [2.75, 3.05) is 5.73 Å². The molecule has 0 saturated heterocycles. The largest absolute Gasteiger partial charge is 0.481 e. The van der Waals surface area contributed by atoms with Crippen LogP contribution in [0.4, 0.5) is 27.6 Å². The summed E-state index contributed by atoms with van der Waals surface area (Å²) in [6, 6.07) is 0. The molecule has 1 heterocycles. The van der Waals surface area contributed by atoms with Crippen LogP contribution in [0, 0.1) is 0 Å². The Kier molecular flexibility index (Phi) is 3.73. The minimum atomic E-state index is -4.96. The summed E-state index contributed by atoms with van der Waals surface area (Å²) >= 11 is 0. The molecule has 1 aromatic heterocycles. The van der Waals surface area contributed by atoms with E-state index in [1.807, 2.05) is 0 Å². The molecule has 0 bridgehead atoms. The molecule has 1 aromatic rings. The first-order valence-corrected chi connectivity index (χ1v) is 4.49. The summed E-state index contributed by atoms with van der Waals surface area (Å²) in [5, 5.41) is 8.47. The SMILES string of the molecule is Nc1c(C(F)F)cnc(C(F)(F)F)c1CC(=O)O. The molecule has 0 aliphatic carbocycles. The van der Waals surface area contributed by atoms with Gasteiger partial charge in [-0.05, 0) is 0 Å². The fourth-order valence-electron chi connectivity index (χ4n) is 1.33. The number of aromatic nitrogens is 1. The molecule has 4 nitrogen and oxygen atoms in total. The van der Waals surface area contributed by atoms with Crippen molar-refractivity contribution in [2.24, 2.45) is 0 Å². The number of pyridine rings is 1. The minimum absolute atomic E-state index is 0.300. The first-order chi connectivity index (χ1) is 8.14. The highest BCUT2D eigenvalue weighted by molar-refractivity contribution is 5.74. The molecular weight excluding hydrogens is 263 g/mol. The Labute approximate surface area is 97.2 Å². The number of carbonyl (C=O) groups is 1. The van der Waals surface area contributed by atoms with Gasteiger partial charge in [0.15, 0.2) is 0 Å². The molecule has 0 aliphatic rings. The van der Waals surface area contributed by atoms with Gasteiger partial charge in [0.25, 0.3) is 6.43 Å². The summed E-state index contributed by atoms with van der Waals surface area (Å²) in [6.07, 6.45) is -8.92. The lowest BCUT2D eigenvalue weighted by Gasteiger charge is -2.15. The number of nitrogens with zero attached hydrogens (tertiary/aromatic N) is 1. The Balaban J connectivity index is 3.46. The van der Waals surface area contributed by atoms with Crippen LogP contribution in [0.15, 0.2) is 6.20 Å². The van der Waals surface area contributed by atoms with Gasteiger partial charge in [0, 0.05) is 17.4 Å². The van der Waals surface area contributed by atoms with Crippen molar-refractivity contribution in [3.63, 3.8) is 0 Å². The zero-order valence-corrected chi connectivity index (χ0v) is 8.63. The van der Waals surface area contributed by atoms with Gasteiger partial charge in [0.1, 0.15) is 5.69 Å². The van der Waals surface area contributed by atoms with E-state index in [-0.39, 0.29) is 0 Å². The molecule has 0 aromatic carbocycles. The van der Waals surface area contributed by atoms with Crippen LogP contribution in [0.3, 0.4) is 0 Å². The van der Waals surface area contributed by atoms with Crippen molar-refractivity contribution in [3.8, 4) is 0 Å². The molecule has 0 aliphatic heterocycles. The fourth-order valence-corrected chi connectivity index (χ4v) is 1.33. The number of carboxylic acid groups (broad SMARTS) is 1. The molecule has 9 heteroatoms. The van der Waals surface area contributed by atoms with Crippen LogP contribution in [0.2, 0.25) is 0 Å². The summed E-state index contributed by atoms with van der Waals surface area (Å²) in [5.41, 5.74) is 0.821. The highest BCUT2D eigenvalue weighted by Gasteiger charge is 2.37. The van der Waals surface area contributed by atoms with Crippen molar-refractivity contribution in [2.45, 2.75) is 19.0 Å². The Bertz CT molecular complexity index is 473. The maximum atomic E-state index is 12.5. The van der Waals surface area contributed by atoms with E-state index in [1.165, 1.54) is 0 Å². The maximum absolute atomic E-state index is 12.5. The number of carboxylic acids is 1. The van der Waals surface area contributed by atoms with E-state index in [1.54, 1.807) is 0 Å². The first-order valence-electron chi connectivity index (χ1n) is 4.49. The van der Waals surface area contributed by atoms with Gasteiger partial charge in [0.05, 0.1) is 12.0 Å². The minimum Gasteiger partial charge on any atom is -0.481 e. The Hall–Kier alpha value is -1.93. The van der Waals surface area contributed by atoms with E-state index in [0.717, 1.165) is 0 Å². The van der Waals surface area contributed by atoms with Gasteiger partial charge in [-0.2, -0.15) is 13.2 Å². The second kappa shape index (κ2) is 4.75. The van der Waals surface area contributed by atoms with Crippen LogP contribution >= 0.6 is 0 Å². The number of hydrogen-bond donors (Lipinski definition) is 2. The number of alkyl halides is 5. The number of halogens is 5. The molecule has 0 atom stereocenters. The summed E-state index contributed by atoms with van der Waals surface area (Å²) < 4.78 is 62.4. The van der Waals surface area contributed by atoms with Crippen molar-refractivity contribution in [1.82, 2.24) is 4.98 Å². The van der Waals surface area contributed by atoms with E-state index >= 15 is 0 Å². The van der Waals surface area contributed by atoms with Crippen molar-refractivity contribution < 1.29 is 31.9 Å². The Morgan fingerprint density at radius 2 is 2.00 bits per heavy atom. The average molecular weight is 270 g/mol. The number of anilines is 1. The number of nitrogens with two attached hydrogens (primary N) is 1. The lowest BCUT2D eigenvalue weighted by molar-refractivity contribution is -0.142.